The van der Waals surface area contributed by atoms with E-state index in [0.29, 0.717) is 11.5 Å². The molecule has 3 nitrogen and oxygen atoms in total. The Labute approximate surface area is 138 Å². The van der Waals surface area contributed by atoms with Gasteiger partial charge < -0.3 is 4.74 Å². The molecule has 0 aliphatic rings. The molecule has 1 aromatic carbocycles. The highest BCUT2D eigenvalue weighted by Gasteiger charge is 2.27. The minimum absolute atomic E-state index is 0.182. The Kier molecular flexibility index (Phi) is 5.91. The maximum absolute atomic E-state index is 12.4. The Morgan fingerprint density at radius 2 is 1.74 bits per heavy atom. The zero-order valence-electron chi connectivity index (χ0n) is 14.4. The Morgan fingerprint density at radius 3 is 2.35 bits per heavy atom. The maximum atomic E-state index is 12.4. The van der Waals surface area contributed by atoms with Crippen LogP contribution >= 0.6 is 0 Å². The fraction of sp³-hybridized carbons (Fsp3) is 0.400. The van der Waals surface area contributed by atoms with Gasteiger partial charge in [0.2, 0.25) is 0 Å². The van der Waals surface area contributed by atoms with Crippen molar-refractivity contribution in [3.63, 3.8) is 0 Å². The molecule has 122 valence electrons. The molecule has 1 heterocycles. The molecule has 0 bridgehead atoms. The molecule has 0 fully saturated rings. The smallest absolute Gasteiger partial charge is 0.343 e. The van der Waals surface area contributed by atoms with Gasteiger partial charge in [0.1, 0.15) is 0 Å². The average molecular weight is 312 g/mol. The summed E-state index contributed by atoms with van der Waals surface area (Å²) in [6.45, 7) is 8.52. The van der Waals surface area contributed by atoms with Crippen LogP contribution in [0.4, 0.5) is 0 Å². The first-order valence-corrected chi connectivity index (χ1v) is 8.23. The van der Waals surface area contributed by atoms with Gasteiger partial charge in [0.15, 0.2) is 12.4 Å². The molecule has 1 aromatic heterocycles. The standard InChI is InChI=1S/C20H26NO2/c1-15(2)13-17-9-8-12-21(14-17)19(16(3)4)23-20(22)18-10-6-5-7-11-18/h5-12,14-16,19H,13H2,1-4H3/q+1. The first kappa shape index (κ1) is 17.2. The first-order chi connectivity index (χ1) is 11.0. The molecule has 2 rings (SSSR count). The lowest BCUT2D eigenvalue weighted by Crippen LogP contribution is -2.44. The summed E-state index contributed by atoms with van der Waals surface area (Å²) in [5.74, 6) is 0.489. The molecule has 0 radical (unpaired) electrons. The van der Waals surface area contributed by atoms with Crippen molar-refractivity contribution >= 4 is 5.97 Å². The van der Waals surface area contributed by atoms with Crippen LogP contribution in [-0.2, 0) is 11.2 Å². The van der Waals surface area contributed by atoms with Gasteiger partial charge in [-0.2, -0.15) is 4.57 Å². The van der Waals surface area contributed by atoms with Crippen molar-refractivity contribution < 1.29 is 14.1 Å². The van der Waals surface area contributed by atoms with Gasteiger partial charge >= 0.3 is 12.2 Å². The molecule has 3 heteroatoms. The van der Waals surface area contributed by atoms with Gasteiger partial charge in [0.25, 0.3) is 0 Å². The zero-order chi connectivity index (χ0) is 16.8. The SMILES string of the molecule is CC(C)Cc1ccc[n+](C(OC(=O)c2ccccc2)C(C)C)c1. The van der Waals surface area contributed by atoms with Crippen molar-refractivity contribution in [2.45, 2.75) is 40.3 Å². The fourth-order valence-corrected chi connectivity index (χ4v) is 2.59. The molecule has 1 atom stereocenters. The highest BCUT2D eigenvalue weighted by atomic mass is 16.6. The third-order valence-corrected chi connectivity index (χ3v) is 3.63. The van der Waals surface area contributed by atoms with Crippen LogP contribution in [0, 0.1) is 11.8 Å². The van der Waals surface area contributed by atoms with Gasteiger partial charge in [-0.3, -0.25) is 0 Å². The van der Waals surface area contributed by atoms with Crippen LogP contribution in [0.3, 0.4) is 0 Å². The van der Waals surface area contributed by atoms with Crippen molar-refractivity contribution in [2.24, 2.45) is 11.8 Å². The molecule has 0 aliphatic heterocycles. The van der Waals surface area contributed by atoms with Crippen LogP contribution in [0.15, 0.2) is 54.9 Å². The number of esters is 1. The number of aromatic nitrogens is 1. The lowest BCUT2D eigenvalue weighted by molar-refractivity contribution is -0.763. The Morgan fingerprint density at radius 1 is 1.04 bits per heavy atom. The monoisotopic (exact) mass is 312 g/mol. The molecular weight excluding hydrogens is 286 g/mol. The fourth-order valence-electron chi connectivity index (χ4n) is 2.59. The van der Waals surface area contributed by atoms with E-state index in [2.05, 4.69) is 40.0 Å². The van der Waals surface area contributed by atoms with Crippen LogP contribution in [0.2, 0.25) is 0 Å². The van der Waals surface area contributed by atoms with E-state index in [9.17, 15) is 4.79 Å². The predicted molar refractivity (Wildman–Crippen MR) is 90.9 cm³/mol. The van der Waals surface area contributed by atoms with E-state index in [-0.39, 0.29) is 18.1 Å². The number of ether oxygens (including phenoxy) is 1. The summed E-state index contributed by atoms with van der Waals surface area (Å²) in [4.78, 5) is 12.4. The summed E-state index contributed by atoms with van der Waals surface area (Å²) in [6, 6.07) is 13.3. The third-order valence-electron chi connectivity index (χ3n) is 3.63. The van der Waals surface area contributed by atoms with Gasteiger partial charge in [-0.15, -0.1) is 0 Å². The van der Waals surface area contributed by atoms with Crippen molar-refractivity contribution in [2.75, 3.05) is 0 Å². The number of nitrogens with zero attached hydrogens (tertiary/aromatic N) is 1. The summed E-state index contributed by atoms with van der Waals surface area (Å²) in [6.07, 6.45) is 4.75. The number of rotatable bonds is 6. The Hall–Kier alpha value is -2.16. The topological polar surface area (TPSA) is 30.2 Å². The summed E-state index contributed by atoms with van der Waals surface area (Å²) in [5.41, 5.74) is 1.83. The highest BCUT2D eigenvalue weighted by molar-refractivity contribution is 5.89. The van der Waals surface area contributed by atoms with E-state index in [4.69, 9.17) is 4.74 Å². The number of carbonyl (C=O) groups excluding carboxylic acids is 1. The average Bonchev–Trinajstić information content (AvgIpc) is 2.52. The van der Waals surface area contributed by atoms with Crippen LogP contribution in [0.5, 0.6) is 0 Å². The first-order valence-electron chi connectivity index (χ1n) is 8.23. The molecule has 0 saturated heterocycles. The van der Waals surface area contributed by atoms with Crippen LogP contribution in [0.25, 0.3) is 0 Å². The molecular formula is C20H26NO2+. The molecule has 0 N–H and O–H groups in total. The van der Waals surface area contributed by atoms with Crippen LogP contribution in [-0.4, -0.2) is 5.97 Å². The Balaban J connectivity index is 2.20. The Bertz CT molecular complexity index is 635. The second kappa shape index (κ2) is 7.91. The van der Waals surface area contributed by atoms with E-state index in [1.165, 1.54) is 5.56 Å². The number of pyridine rings is 1. The minimum atomic E-state index is -0.310. The number of hydrogen-bond donors (Lipinski definition) is 0. The van der Waals surface area contributed by atoms with Gasteiger partial charge in [-0.05, 0) is 30.5 Å². The van der Waals surface area contributed by atoms with Crippen LogP contribution < -0.4 is 4.57 Å². The number of carbonyl (C=O) groups is 1. The normalized spacial score (nSPS) is 12.4. The summed E-state index contributed by atoms with van der Waals surface area (Å²) in [5, 5.41) is 0. The molecule has 2 aromatic rings. The number of hydrogen-bond acceptors (Lipinski definition) is 2. The summed E-state index contributed by atoms with van der Waals surface area (Å²) in [7, 11) is 0. The lowest BCUT2D eigenvalue weighted by Gasteiger charge is -2.17. The lowest BCUT2D eigenvalue weighted by atomic mass is 10.0. The zero-order valence-corrected chi connectivity index (χ0v) is 14.4. The minimum Gasteiger partial charge on any atom is -0.399 e. The summed E-state index contributed by atoms with van der Waals surface area (Å²) >= 11 is 0. The van der Waals surface area contributed by atoms with E-state index >= 15 is 0 Å². The second-order valence-electron chi connectivity index (χ2n) is 6.66. The summed E-state index contributed by atoms with van der Waals surface area (Å²) < 4.78 is 7.77. The van der Waals surface area contributed by atoms with Gasteiger partial charge in [0, 0.05) is 11.6 Å². The molecule has 1 unspecified atom stereocenters. The van der Waals surface area contributed by atoms with Crippen molar-refractivity contribution in [1.29, 1.82) is 0 Å². The van der Waals surface area contributed by atoms with E-state index in [0.717, 1.165) is 6.42 Å². The molecule has 0 saturated carbocycles. The van der Waals surface area contributed by atoms with Gasteiger partial charge in [-0.1, -0.05) is 45.9 Å². The van der Waals surface area contributed by atoms with Crippen molar-refractivity contribution in [3.8, 4) is 0 Å². The molecule has 23 heavy (non-hydrogen) atoms. The third kappa shape index (κ3) is 4.92. The van der Waals surface area contributed by atoms with E-state index in [1.54, 1.807) is 12.1 Å². The molecule has 0 amide bonds. The van der Waals surface area contributed by atoms with Gasteiger partial charge in [0.05, 0.1) is 11.5 Å². The maximum Gasteiger partial charge on any atom is 0.343 e. The highest BCUT2D eigenvalue weighted by Crippen LogP contribution is 2.16. The van der Waals surface area contributed by atoms with Crippen molar-refractivity contribution in [1.82, 2.24) is 0 Å². The van der Waals surface area contributed by atoms with E-state index in [1.807, 2.05) is 35.0 Å². The molecule has 0 aliphatic carbocycles. The van der Waals surface area contributed by atoms with Gasteiger partial charge in [-0.25, -0.2) is 4.79 Å². The predicted octanol–water partition coefficient (Wildman–Crippen LogP) is 4.18. The quantitative estimate of drug-likeness (QED) is 0.591. The van der Waals surface area contributed by atoms with Crippen molar-refractivity contribution in [3.05, 3.63) is 66.0 Å². The largest absolute Gasteiger partial charge is 0.399 e. The second-order valence-corrected chi connectivity index (χ2v) is 6.66. The van der Waals surface area contributed by atoms with Crippen LogP contribution in [0.1, 0.15) is 49.8 Å². The number of benzene rings is 1. The van der Waals surface area contributed by atoms with E-state index < -0.39 is 0 Å². The molecule has 0 spiro atoms.